The number of nitrogens with zero attached hydrogens (tertiary/aromatic N) is 2. The van der Waals surface area contributed by atoms with Crippen LogP contribution >= 0.6 is 22.9 Å². The Morgan fingerprint density at radius 2 is 1.97 bits per heavy atom. The summed E-state index contributed by atoms with van der Waals surface area (Å²) >= 11 is 7.15. The van der Waals surface area contributed by atoms with Crippen LogP contribution in [0.5, 0.6) is 0 Å². The van der Waals surface area contributed by atoms with Crippen LogP contribution in [0.3, 0.4) is 0 Å². The van der Waals surface area contributed by atoms with Gasteiger partial charge in [0, 0.05) is 42.1 Å². The molecule has 1 saturated heterocycles. The van der Waals surface area contributed by atoms with Gasteiger partial charge in [0.2, 0.25) is 0 Å². The van der Waals surface area contributed by atoms with E-state index in [2.05, 4.69) is 5.32 Å². The Bertz CT molecular complexity index is 1340. The molecule has 0 radical (unpaired) electrons. The van der Waals surface area contributed by atoms with Crippen molar-refractivity contribution in [2.45, 2.75) is 38.5 Å². The molecule has 2 aliphatic heterocycles. The molecule has 2 aliphatic rings. The minimum Gasteiger partial charge on any atom is -0.380 e. The monoisotopic (exact) mass is 509 g/mol. The Hall–Kier alpha value is -3.20. The van der Waals surface area contributed by atoms with Crippen molar-refractivity contribution >= 4 is 52.0 Å². The molecule has 0 spiro atoms. The summed E-state index contributed by atoms with van der Waals surface area (Å²) in [6.45, 7) is 2.81. The van der Waals surface area contributed by atoms with Crippen molar-refractivity contribution < 1.29 is 19.5 Å². The van der Waals surface area contributed by atoms with E-state index in [-0.39, 0.29) is 17.7 Å². The maximum Gasteiger partial charge on any atom is 0.265 e. The molecule has 0 bridgehead atoms. The van der Waals surface area contributed by atoms with Crippen molar-refractivity contribution in [2.75, 3.05) is 16.8 Å². The van der Waals surface area contributed by atoms with E-state index >= 15 is 0 Å². The average Bonchev–Trinajstić information content (AvgIpc) is 3.40. The van der Waals surface area contributed by atoms with E-state index in [0.29, 0.717) is 52.2 Å². The highest BCUT2D eigenvalue weighted by molar-refractivity contribution is 7.18. The summed E-state index contributed by atoms with van der Waals surface area (Å²) in [4.78, 5) is 42.3. The van der Waals surface area contributed by atoms with Crippen molar-refractivity contribution in [3.05, 3.63) is 80.5 Å². The lowest BCUT2D eigenvalue weighted by molar-refractivity contribution is -0.137. The maximum absolute atomic E-state index is 13.1. The van der Waals surface area contributed by atoms with E-state index in [1.165, 1.54) is 11.3 Å². The first-order valence-corrected chi connectivity index (χ1v) is 12.5. The van der Waals surface area contributed by atoms with Crippen LogP contribution in [0.15, 0.2) is 54.6 Å². The van der Waals surface area contributed by atoms with Gasteiger partial charge < -0.3 is 20.2 Å². The molecule has 2 aromatic carbocycles. The number of hydrogen-bond acceptors (Lipinski definition) is 5. The van der Waals surface area contributed by atoms with E-state index in [1.807, 2.05) is 24.3 Å². The molecule has 7 nitrogen and oxygen atoms in total. The Kier molecular flexibility index (Phi) is 6.13. The third kappa shape index (κ3) is 4.57. The largest absolute Gasteiger partial charge is 0.380 e. The number of hydrogen-bond donors (Lipinski definition) is 2. The van der Waals surface area contributed by atoms with Crippen LogP contribution < -0.4 is 10.2 Å². The molecule has 35 heavy (non-hydrogen) atoms. The molecule has 1 aromatic heterocycles. The maximum atomic E-state index is 13.1. The molecule has 0 aliphatic carbocycles. The molecule has 2 N–H and O–H groups in total. The van der Waals surface area contributed by atoms with Crippen molar-refractivity contribution in [3.8, 4) is 0 Å². The number of amides is 3. The molecule has 1 atom stereocenters. The summed E-state index contributed by atoms with van der Waals surface area (Å²) in [5.41, 5.74) is 2.15. The number of anilines is 2. The molecular weight excluding hydrogens is 486 g/mol. The van der Waals surface area contributed by atoms with Crippen LogP contribution in [-0.2, 0) is 17.9 Å². The molecule has 3 heterocycles. The summed E-state index contributed by atoms with van der Waals surface area (Å²) in [6, 6.07) is 16.1. The number of carbonyl (C=O) groups excluding carboxylic acids is 3. The lowest BCUT2D eigenvalue weighted by Crippen LogP contribution is -2.51. The first-order chi connectivity index (χ1) is 16.7. The molecule has 3 amide bonds. The van der Waals surface area contributed by atoms with E-state index in [4.69, 9.17) is 11.6 Å². The first kappa shape index (κ1) is 23.5. The highest BCUT2D eigenvalue weighted by Crippen LogP contribution is 2.33. The SMILES string of the molecule is CC1(O)CCCN(c2cccc(CN3Cc4c(NC(=O)c5ccc(Cl)s5)cccc4C3=O)c2)C1=O. The van der Waals surface area contributed by atoms with Gasteiger partial charge >= 0.3 is 0 Å². The predicted molar refractivity (Wildman–Crippen MR) is 136 cm³/mol. The van der Waals surface area contributed by atoms with E-state index in [1.54, 1.807) is 47.1 Å². The Balaban J connectivity index is 1.33. The fourth-order valence-electron chi connectivity index (χ4n) is 4.63. The number of nitrogens with one attached hydrogen (secondary N) is 1. The van der Waals surface area contributed by atoms with Gasteiger partial charge in [-0.25, -0.2) is 0 Å². The Labute approximate surface area is 211 Å². The van der Waals surface area contributed by atoms with Gasteiger partial charge in [0.05, 0.1) is 9.21 Å². The summed E-state index contributed by atoms with van der Waals surface area (Å²) in [7, 11) is 0. The summed E-state index contributed by atoms with van der Waals surface area (Å²) in [6.07, 6.45) is 1.16. The summed E-state index contributed by atoms with van der Waals surface area (Å²) in [5.74, 6) is -0.688. The second-order valence-corrected chi connectivity index (χ2v) is 10.8. The number of rotatable bonds is 5. The minimum absolute atomic E-state index is 0.113. The Morgan fingerprint density at radius 3 is 2.74 bits per heavy atom. The van der Waals surface area contributed by atoms with Crippen LogP contribution in [0.25, 0.3) is 0 Å². The van der Waals surface area contributed by atoms with E-state index in [0.717, 1.165) is 17.5 Å². The zero-order chi connectivity index (χ0) is 24.7. The second-order valence-electron chi connectivity index (χ2n) is 9.05. The van der Waals surface area contributed by atoms with Crippen molar-refractivity contribution in [1.29, 1.82) is 0 Å². The smallest absolute Gasteiger partial charge is 0.265 e. The van der Waals surface area contributed by atoms with Crippen molar-refractivity contribution in [1.82, 2.24) is 4.90 Å². The van der Waals surface area contributed by atoms with Gasteiger partial charge in [-0.2, -0.15) is 0 Å². The lowest BCUT2D eigenvalue weighted by Gasteiger charge is -2.36. The molecular formula is C26H24ClN3O4S. The quantitative estimate of drug-likeness (QED) is 0.522. The number of piperidine rings is 1. The third-order valence-electron chi connectivity index (χ3n) is 6.43. The second kappa shape index (κ2) is 9.11. The number of halogens is 1. The van der Waals surface area contributed by atoms with E-state index < -0.39 is 5.60 Å². The van der Waals surface area contributed by atoms with Crippen LogP contribution in [-0.4, -0.2) is 39.9 Å². The van der Waals surface area contributed by atoms with Crippen LogP contribution in [0.4, 0.5) is 11.4 Å². The van der Waals surface area contributed by atoms with Gasteiger partial charge in [-0.3, -0.25) is 14.4 Å². The van der Waals surface area contributed by atoms with Gasteiger partial charge in [0.15, 0.2) is 0 Å². The summed E-state index contributed by atoms with van der Waals surface area (Å²) < 4.78 is 0.534. The normalized spacial score (nSPS) is 19.7. The lowest BCUT2D eigenvalue weighted by atomic mass is 9.93. The number of aliphatic hydroxyl groups is 1. The molecule has 1 fully saturated rings. The molecule has 180 valence electrons. The van der Waals surface area contributed by atoms with E-state index in [9.17, 15) is 19.5 Å². The van der Waals surface area contributed by atoms with Gasteiger partial charge in [-0.1, -0.05) is 29.8 Å². The van der Waals surface area contributed by atoms with Crippen molar-refractivity contribution in [2.24, 2.45) is 0 Å². The van der Waals surface area contributed by atoms with Gasteiger partial charge in [0.25, 0.3) is 17.7 Å². The minimum atomic E-state index is -1.36. The highest BCUT2D eigenvalue weighted by Gasteiger charge is 2.38. The molecule has 5 rings (SSSR count). The fourth-order valence-corrected chi connectivity index (χ4v) is 5.56. The zero-order valence-electron chi connectivity index (χ0n) is 19.1. The van der Waals surface area contributed by atoms with Gasteiger partial charge in [0.1, 0.15) is 5.60 Å². The third-order valence-corrected chi connectivity index (χ3v) is 7.66. The number of thiophene rings is 1. The molecule has 1 unspecified atom stereocenters. The first-order valence-electron chi connectivity index (χ1n) is 11.3. The zero-order valence-corrected chi connectivity index (χ0v) is 20.7. The van der Waals surface area contributed by atoms with Crippen LogP contribution in [0, 0.1) is 0 Å². The highest BCUT2D eigenvalue weighted by atomic mass is 35.5. The van der Waals surface area contributed by atoms with Gasteiger partial charge in [-0.05, 0) is 61.7 Å². The molecule has 9 heteroatoms. The molecule has 0 saturated carbocycles. The summed E-state index contributed by atoms with van der Waals surface area (Å²) in [5, 5.41) is 13.3. The Morgan fingerprint density at radius 1 is 1.17 bits per heavy atom. The van der Waals surface area contributed by atoms with Crippen molar-refractivity contribution in [3.63, 3.8) is 0 Å². The topological polar surface area (TPSA) is 89.9 Å². The standard InChI is InChI=1S/C26H24ClN3O4S/c1-26(34)11-4-12-30(25(26)33)17-6-2-5-16(13-17)14-29-15-19-18(24(29)32)7-3-8-20(19)28-23(31)21-9-10-22(27)35-21/h2-3,5-10,13,34H,4,11-12,14-15H2,1H3,(H,28,31). The van der Waals surface area contributed by atoms with Gasteiger partial charge in [-0.15, -0.1) is 11.3 Å². The predicted octanol–water partition coefficient (Wildman–Crippen LogP) is 4.69. The fraction of sp³-hybridized carbons (Fsp3) is 0.269. The van der Waals surface area contributed by atoms with Crippen LogP contribution in [0.2, 0.25) is 4.34 Å². The average molecular weight is 510 g/mol. The van der Waals surface area contributed by atoms with Crippen LogP contribution in [0.1, 0.15) is 50.9 Å². The molecule has 3 aromatic rings. The number of carbonyl (C=O) groups is 3. The number of fused-ring (bicyclic) bond motifs is 1. The number of benzene rings is 2.